The summed E-state index contributed by atoms with van der Waals surface area (Å²) in [4.78, 5) is 32.0. The Hall–Kier alpha value is -3.09. The fraction of sp³-hybridized carbons (Fsp3) is 0.278. The van der Waals surface area contributed by atoms with Crippen LogP contribution in [0.5, 0.6) is 11.5 Å². The van der Waals surface area contributed by atoms with Crippen LogP contribution < -0.4 is 20.7 Å². The average molecular weight is 341 g/mol. The van der Waals surface area contributed by atoms with E-state index >= 15 is 0 Å². The van der Waals surface area contributed by atoms with Crippen LogP contribution in [0.2, 0.25) is 0 Å². The third-order valence-electron chi connectivity index (χ3n) is 3.69. The van der Waals surface area contributed by atoms with Crippen molar-refractivity contribution in [2.45, 2.75) is 20.4 Å². The smallest absolute Gasteiger partial charge is 0.329 e. The molecule has 2 aromatic heterocycles. The summed E-state index contributed by atoms with van der Waals surface area (Å²) in [7, 11) is 0. The Labute approximate surface area is 143 Å². The predicted octanol–water partition coefficient (Wildman–Crippen LogP) is 1.93. The van der Waals surface area contributed by atoms with Gasteiger partial charge in [0.2, 0.25) is 0 Å². The molecule has 0 fully saturated rings. The molecule has 0 aliphatic rings. The molecular weight excluding hydrogens is 322 g/mol. The largest absolute Gasteiger partial charge is 0.490 e. The van der Waals surface area contributed by atoms with Crippen molar-refractivity contribution < 1.29 is 9.47 Å². The van der Waals surface area contributed by atoms with Crippen LogP contribution in [0.1, 0.15) is 19.5 Å². The van der Waals surface area contributed by atoms with Crippen molar-refractivity contribution in [1.82, 2.24) is 14.5 Å². The van der Waals surface area contributed by atoms with Crippen LogP contribution >= 0.6 is 0 Å². The number of hydrogen-bond acceptors (Lipinski definition) is 5. The highest BCUT2D eigenvalue weighted by Crippen LogP contribution is 2.30. The molecule has 130 valence electrons. The maximum Gasteiger partial charge on any atom is 0.329 e. The molecule has 0 spiro atoms. The van der Waals surface area contributed by atoms with E-state index in [0.29, 0.717) is 41.3 Å². The van der Waals surface area contributed by atoms with Crippen LogP contribution in [0.4, 0.5) is 0 Å². The van der Waals surface area contributed by atoms with Crippen LogP contribution in [-0.4, -0.2) is 27.7 Å². The molecule has 0 unspecified atom stereocenters. The fourth-order valence-corrected chi connectivity index (χ4v) is 2.59. The third-order valence-corrected chi connectivity index (χ3v) is 3.69. The molecule has 3 rings (SSSR count). The Morgan fingerprint density at radius 3 is 2.44 bits per heavy atom. The number of pyridine rings is 1. The molecule has 2 heterocycles. The van der Waals surface area contributed by atoms with Gasteiger partial charge in [0.15, 0.2) is 11.5 Å². The molecule has 0 atom stereocenters. The fourth-order valence-electron chi connectivity index (χ4n) is 2.59. The first-order valence-corrected chi connectivity index (χ1v) is 8.10. The molecule has 7 nitrogen and oxygen atoms in total. The van der Waals surface area contributed by atoms with Gasteiger partial charge in [0.1, 0.15) is 0 Å². The van der Waals surface area contributed by atoms with Crippen LogP contribution in [0.3, 0.4) is 0 Å². The lowest BCUT2D eigenvalue weighted by Crippen LogP contribution is -2.35. The van der Waals surface area contributed by atoms with Crippen LogP contribution in [0.25, 0.3) is 10.9 Å². The second-order valence-corrected chi connectivity index (χ2v) is 5.35. The minimum absolute atomic E-state index is 0.0993. The molecule has 0 saturated carbocycles. The van der Waals surface area contributed by atoms with Gasteiger partial charge in [-0.3, -0.25) is 14.3 Å². The van der Waals surface area contributed by atoms with Gasteiger partial charge in [-0.2, -0.15) is 0 Å². The van der Waals surface area contributed by atoms with E-state index < -0.39 is 11.2 Å². The second-order valence-electron chi connectivity index (χ2n) is 5.35. The maximum absolute atomic E-state index is 12.8. The lowest BCUT2D eigenvalue weighted by atomic mass is 10.2. The Morgan fingerprint density at radius 2 is 1.80 bits per heavy atom. The molecule has 0 aliphatic carbocycles. The SMILES string of the molecule is CCOc1cc2[nH]c(=O)n(Cc3ccccn3)c(=O)c2cc1OCC. The molecule has 0 radical (unpaired) electrons. The standard InChI is InChI=1S/C18H19N3O4/c1-3-24-15-9-13-14(10-16(15)25-4-2)20-18(23)21(17(13)22)11-12-7-5-6-8-19-12/h5-10H,3-4,11H2,1-2H3,(H,20,23). The van der Waals surface area contributed by atoms with Crippen LogP contribution in [-0.2, 0) is 6.54 Å². The van der Waals surface area contributed by atoms with Gasteiger partial charge in [0, 0.05) is 12.3 Å². The van der Waals surface area contributed by atoms with E-state index in [1.165, 1.54) is 0 Å². The molecule has 0 bridgehead atoms. The van der Waals surface area contributed by atoms with Crippen molar-refractivity contribution in [1.29, 1.82) is 0 Å². The molecule has 3 aromatic rings. The molecule has 0 aliphatic heterocycles. The molecule has 25 heavy (non-hydrogen) atoms. The zero-order valence-electron chi connectivity index (χ0n) is 14.1. The zero-order chi connectivity index (χ0) is 17.8. The monoisotopic (exact) mass is 341 g/mol. The van der Waals surface area contributed by atoms with Gasteiger partial charge in [0.25, 0.3) is 5.56 Å². The van der Waals surface area contributed by atoms with Crippen LogP contribution in [0.15, 0.2) is 46.1 Å². The Balaban J connectivity index is 2.16. The van der Waals surface area contributed by atoms with Crippen molar-refractivity contribution in [2.75, 3.05) is 13.2 Å². The van der Waals surface area contributed by atoms with E-state index in [2.05, 4.69) is 9.97 Å². The van der Waals surface area contributed by atoms with Crippen molar-refractivity contribution in [3.8, 4) is 11.5 Å². The normalized spacial score (nSPS) is 10.8. The summed E-state index contributed by atoms with van der Waals surface area (Å²) in [6.07, 6.45) is 1.62. The Morgan fingerprint density at radius 1 is 1.08 bits per heavy atom. The highest BCUT2D eigenvalue weighted by Gasteiger charge is 2.14. The number of aromatic amines is 1. The second kappa shape index (κ2) is 7.21. The van der Waals surface area contributed by atoms with Crippen molar-refractivity contribution in [3.05, 3.63) is 63.1 Å². The lowest BCUT2D eigenvalue weighted by molar-refractivity contribution is 0.288. The number of hydrogen-bond donors (Lipinski definition) is 1. The van der Waals surface area contributed by atoms with Crippen molar-refractivity contribution in [3.63, 3.8) is 0 Å². The number of H-pyrrole nitrogens is 1. The summed E-state index contributed by atoms with van der Waals surface area (Å²) in [6.45, 7) is 4.70. The van der Waals surface area contributed by atoms with Gasteiger partial charge in [-0.15, -0.1) is 0 Å². The van der Waals surface area contributed by atoms with E-state index in [-0.39, 0.29) is 6.54 Å². The summed E-state index contributed by atoms with van der Waals surface area (Å²) in [5, 5.41) is 0.363. The summed E-state index contributed by atoms with van der Waals surface area (Å²) < 4.78 is 12.2. The van der Waals surface area contributed by atoms with Gasteiger partial charge in [-0.25, -0.2) is 4.79 Å². The molecule has 0 amide bonds. The Bertz CT molecular complexity index is 993. The molecule has 1 N–H and O–H groups in total. The lowest BCUT2D eigenvalue weighted by Gasteiger charge is -2.13. The number of fused-ring (bicyclic) bond motifs is 1. The molecule has 0 saturated heterocycles. The highest BCUT2D eigenvalue weighted by atomic mass is 16.5. The molecular formula is C18H19N3O4. The van der Waals surface area contributed by atoms with Gasteiger partial charge in [-0.1, -0.05) is 6.07 Å². The number of nitrogens with zero attached hydrogens (tertiary/aromatic N) is 2. The minimum atomic E-state index is -0.491. The maximum atomic E-state index is 12.8. The summed E-state index contributed by atoms with van der Waals surface area (Å²) in [5.41, 5.74) is 0.160. The number of aromatic nitrogens is 3. The highest BCUT2D eigenvalue weighted by molar-refractivity contribution is 5.81. The van der Waals surface area contributed by atoms with E-state index in [1.54, 1.807) is 30.5 Å². The van der Waals surface area contributed by atoms with E-state index in [1.807, 2.05) is 19.9 Å². The predicted molar refractivity (Wildman–Crippen MR) is 94.5 cm³/mol. The van der Waals surface area contributed by atoms with E-state index in [0.717, 1.165) is 4.57 Å². The van der Waals surface area contributed by atoms with Gasteiger partial charge >= 0.3 is 5.69 Å². The molecule has 1 aromatic carbocycles. The van der Waals surface area contributed by atoms with Crippen molar-refractivity contribution >= 4 is 10.9 Å². The molecule has 7 heteroatoms. The summed E-state index contributed by atoms with van der Waals surface area (Å²) in [5.74, 6) is 0.972. The first-order chi connectivity index (χ1) is 12.1. The van der Waals surface area contributed by atoms with Gasteiger partial charge in [0.05, 0.1) is 36.4 Å². The number of rotatable bonds is 6. The minimum Gasteiger partial charge on any atom is -0.490 e. The summed E-state index contributed by atoms with van der Waals surface area (Å²) >= 11 is 0. The topological polar surface area (TPSA) is 86.2 Å². The van der Waals surface area contributed by atoms with Crippen LogP contribution in [0, 0.1) is 0 Å². The van der Waals surface area contributed by atoms with Gasteiger partial charge < -0.3 is 14.5 Å². The summed E-state index contributed by atoms with van der Waals surface area (Å²) in [6, 6.07) is 8.58. The van der Waals surface area contributed by atoms with E-state index in [9.17, 15) is 9.59 Å². The average Bonchev–Trinajstić information content (AvgIpc) is 2.61. The third kappa shape index (κ3) is 3.40. The van der Waals surface area contributed by atoms with E-state index in [4.69, 9.17) is 9.47 Å². The first-order valence-electron chi connectivity index (χ1n) is 8.10. The first kappa shape index (κ1) is 16.8. The zero-order valence-corrected chi connectivity index (χ0v) is 14.1. The quantitative estimate of drug-likeness (QED) is 0.740. The Kier molecular flexibility index (Phi) is 4.83. The number of nitrogens with one attached hydrogen (secondary N) is 1. The number of benzene rings is 1. The number of ether oxygens (including phenoxy) is 2. The van der Waals surface area contributed by atoms with Gasteiger partial charge in [-0.05, 0) is 32.0 Å². The van der Waals surface area contributed by atoms with Crippen molar-refractivity contribution in [2.24, 2.45) is 0 Å².